The molecule has 5 heteroatoms. The SMILES string of the molecule is O=C(NCc1cn[nH]c1)C1CNCc2ccccc21. The highest BCUT2D eigenvalue weighted by Crippen LogP contribution is 2.23. The van der Waals surface area contributed by atoms with Crippen LogP contribution in [-0.4, -0.2) is 22.6 Å². The van der Waals surface area contributed by atoms with E-state index in [9.17, 15) is 4.79 Å². The average molecular weight is 256 g/mol. The molecule has 0 saturated heterocycles. The smallest absolute Gasteiger partial charge is 0.229 e. The standard InChI is InChI=1S/C14H16N4O/c19-14(16-5-10-6-17-18-7-10)13-9-15-8-11-3-1-2-4-12(11)13/h1-4,6-7,13,15H,5,8-9H2,(H,16,19)(H,17,18). The molecule has 0 radical (unpaired) electrons. The summed E-state index contributed by atoms with van der Waals surface area (Å²) in [5.74, 6) is -0.0577. The van der Waals surface area contributed by atoms with Crippen LogP contribution in [-0.2, 0) is 17.9 Å². The normalized spacial score (nSPS) is 17.8. The second kappa shape index (κ2) is 5.24. The number of carbonyl (C=O) groups is 1. The van der Waals surface area contributed by atoms with Crippen LogP contribution in [0.25, 0.3) is 0 Å². The predicted octanol–water partition coefficient (Wildman–Crippen LogP) is 0.913. The molecule has 98 valence electrons. The molecule has 1 aromatic carbocycles. The van der Waals surface area contributed by atoms with Crippen LogP contribution in [0.15, 0.2) is 36.7 Å². The summed E-state index contributed by atoms with van der Waals surface area (Å²) in [5, 5.41) is 12.8. The lowest BCUT2D eigenvalue weighted by Crippen LogP contribution is -2.38. The Morgan fingerprint density at radius 2 is 2.32 bits per heavy atom. The summed E-state index contributed by atoms with van der Waals surface area (Å²) >= 11 is 0. The van der Waals surface area contributed by atoms with Gasteiger partial charge in [0.25, 0.3) is 0 Å². The van der Waals surface area contributed by atoms with Crippen molar-refractivity contribution in [2.24, 2.45) is 0 Å². The Hall–Kier alpha value is -2.14. The van der Waals surface area contributed by atoms with Crippen LogP contribution in [0.4, 0.5) is 0 Å². The molecule has 1 atom stereocenters. The highest BCUT2D eigenvalue weighted by atomic mass is 16.1. The van der Waals surface area contributed by atoms with Crippen molar-refractivity contribution >= 4 is 5.91 Å². The van der Waals surface area contributed by atoms with Gasteiger partial charge in [0.1, 0.15) is 0 Å². The number of hydrogen-bond acceptors (Lipinski definition) is 3. The van der Waals surface area contributed by atoms with Crippen molar-refractivity contribution in [1.29, 1.82) is 0 Å². The summed E-state index contributed by atoms with van der Waals surface area (Å²) in [5.41, 5.74) is 3.31. The minimum Gasteiger partial charge on any atom is -0.351 e. The van der Waals surface area contributed by atoms with Gasteiger partial charge in [0, 0.05) is 31.4 Å². The third kappa shape index (κ3) is 2.51. The third-order valence-corrected chi connectivity index (χ3v) is 3.43. The molecule has 3 N–H and O–H groups in total. The monoisotopic (exact) mass is 256 g/mol. The molecule has 0 aliphatic carbocycles. The predicted molar refractivity (Wildman–Crippen MR) is 71.3 cm³/mol. The van der Waals surface area contributed by atoms with Crippen molar-refractivity contribution in [2.45, 2.75) is 19.0 Å². The van der Waals surface area contributed by atoms with Gasteiger partial charge in [-0.2, -0.15) is 5.10 Å². The third-order valence-electron chi connectivity index (χ3n) is 3.43. The summed E-state index contributed by atoms with van der Waals surface area (Å²) in [4.78, 5) is 12.3. The lowest BCUT2D eigenvalue weighted by Gasteiger charge is -2.25. The highest BCUT2D eigenvalue weighted by molar-refractivity contribution is 5.84. The molecular weight excluding hydrogens is 240 g/mol. The van der Waals surface area contributed by atoms with Gasteiger partial charge in [0.15, 0.2) is 0 Å². The van der Waals surface area contributed by atoms with Crippen molar-refractivity contribution in [3.05, 3.63) is 53.3 Å². The van der Waals surface area contributed by atoms with Crippen molar-refractivity contribution < 1.29 is 4.79 Å². The van der Waals surface area contributed by atoms with Crippen LogP contribution in [0.1, 0.15) is 22.6 Å². The maximum atomic E-state index is 12.3. The van der Waals surface area contributed by atoms with E-state index in [-0.39, 0.29) is 11.8 Å². The Bertz CT molecular complexity index is 565. The first kappa shape index (κ1) is 11.9. The van der Waals surface area contributed by atoms with Gasteiger partial charge in [-0.15, -0.1) is 0 Å². The first-order valence-corrected chi connectivity index (χ1v) is 6.38. The van der Waals surface area contributed by atoms with E-state index < -0.39 is 0 Å². The van der Waals surface area contributed by atoms with E-state index >= 15 is 0 Å². The number of nitrogens with zero attached hydrogens (tertiary/aromatic N) is 1. The number of H-pyrrole nitrogens is 1. The fraction of sp³-hybridized carbons (Fsp3) is 0.286. The fourth-order valence-corrected chi connectivity index (χ4v) is 2.42. The van der Waals surface area contributed by atoms with Gasteiger partial charge >= 0.3 is 0 Å². The van der Waals surface area contributed by atoms with Gasteiger partial charge in [0.2, 0.25) is 5.91 Å². The number of rotatable bonds is 3. The van der Waals surface area contributed by atoms with Crippen LogP contribution in [0.2, 0.25) is 0 Å². The number of carbonyl (C=O) groups excluding carboxylic acids is 1. The summed E-state index contributed by atoms with van der Waals surface area (Å²) < 4.78 is 0. The van der Waals surface area contributed by atoms with Crippen molar-refractivity contribution in [3.8, 4) is 0 Å². The lowest BCUT2D eigenvalue weighted by atomic mass is 9.90. The molecular formula is C14H16N4O. The van der Waals surface area contributed by atoms with Crippen LogP contribution < -0.4 is 10.6 Å². The molecule has 0 bridgehead atoms. The van der Waals surface area contributed by atoms with Crippen molar-refractivity contribution in [3.63, 3.8) is 0 Å². The Morgan fingerprint density at radius 1 is 1.42 bits per heavy atom. The molecule has 3 rings (SSSR count). The Morgan fingerprint density at radius 3 is 3.16 bits per heavy atom. The number of benzene rings is 1. The molecule has 2 heterocycles. The zero-order valence-corrected chi connectivity index (χ0v) is 10.5. The minimum absolute atomic E-state index is 0.0563. The first-order chi connectivity index (χ1) is 9.34. The Labute approximate surface area is 111 Å². The molecule has 0 fully saturated rings. The number of aromatic amines is 1. The first-order valence-electron chi connectivity index (χ1n) is 6.38. The number of amides is 1. The lowest BCUT2D eigenvalue weighted by molar-refractivity contribution is -0.122. The van der Waals surface area contributed by atoms with Crippen LogP contribution in [0.5, 0.6) is 0 Å². The summed E-state index contributed by atoms with van der Waals surface area (Å²) in [7, 11) is 0. The van der Waals surface area contributed by atoms with Gasteiger partial charge in [-0.1, -0.05) is 24.3 Å². The quantitative estimate of drug-likeness (QED) is 0.764. The maximum absolute atomic E-state index is 12.3. The molecule has 19 heavy (non-hydrogen) atoms. The molecule has 1 aliphatic heterocycles. The average Bonchev–Trinajstić information content (AvgIpc) is 2.97. The van der Waals surface area contributed by atoms with Gasteiger partial charge in [-0.3, -0.25) is 9.89 Å². The Kier molecular flexibility index (Phi) is 3.29. The van der Waals surface area contributed by atoms with Crippen LogP contribution >= 0.6 is 0 Å². The van der Waals surface area contributed by atoms with E-state index in [0.29, 0.717) is 13.1 Å². The van der Waals surface area contributed by atoms with E-state index in [2.05, 4.69) is 26.9 Å². The van der Waals surface area contributed by atoms with Crippen LogP contribution in [0.3, 0.4) is 0 Å². The summed E-state index contributed by atoms with van der Waals surface area (Å²) in [6.07, 6.45) is 3.50. The highest BCUT2D eigenvalue weighted by Gasteiger charge is 2.25. The number of hydrogen-bond donors (Lipinski definition) is 3. The maximum Gasteiger partial charge on any atom is 0.229 e. The van der Waals surface area contributed by atoms with Gasteiger partial charge in [0.05, 0.1) is 12.1 Å². The minimum atomic E-state index is -0.114. The van der Waals surface area contributed by atoms with Gasteiger partial charge < -0.3 is 10.6 Å². The fourth-order valence-electron chi connectivity index (χ4n) is 2.42. The number of fused-ring (bicyclic) bond motifs is 1. The molecule has 0 spiro atoms. The van der Waals surface area contributed by atoms with E-state index in [1.54, 1.807) is 12.4 Å². The zero-order valence-electron chi connectivity index (χ0n) is 10.5. The molecule has 5 nitrogen and oxygen atoms in total. The number of nitrogens with one attached hydrogen (secondary N) is 3. The second-order valence-electron chi connectivity index (χ2n) is 4.71. The molecule has 1 unspecified atom stereocenters. The van der Waals surface area contributed by atoms with Crippen molar-refractivity contribution in [1.82, 2.24) is 20.8 Å². The van der Waals surface area contributed by atoms with E-state index in [1.807, 2.05) is 18.2 Å². The van der Waals surface area contributed by atoms with E-state index in [1.165, 1.54) is 5.56 Å². The largest absolute Gasteiger partial charge is 0.351 e. The zero-order chi connectivity index (χ0) is 13.1. The summed E-state index contributed by atoms with van der Waals surface area (Å²) in [6.45, 7) is 2.03. The molecule has 0 saturated carbocycles. The molecule has 1 amide bonds. The molecule has 1 aliphatic rings. The van der Waals surface area contributed by atoms with Gasteiger partial charge in [-0.05, 0) is 11.1 Å². The Balaban J connectivity index is 1.71. The van der Waals surface area contributed by atoms with Crippen LogP contribution in [0, 0.1) is 0 Å². The molecule has 1 aromatic heterocycles. The van der Waals surface area contributed by atoms with E-state index in [0.717, 1.165) is 17.7 Å². The van der Waals surface area contributed by atoms with Gasteiger partial charge in [-0.25, -0.2) is 0 Å². The summed E-state index contributed by atoms with van der Waals surface area (Å²) in [6, 6.07) is 8.10. The second-order valence-corrected chi connectivity index (χ2v) is 4.71. The number of aromatic nitrogens is 2. The topological polar surface area (TPSA) is 69.8 Å². The van der Waals surface area contributed by atoms with Crippen molar-refractivity contribution in [2.75, 3.05) is 6.54 Å². The molecule has 2 aromatic rings. The van der Waals surface area contributed by atoms with E-state index in [4.69, 9.17) is 0 Å².